The van der Waals surface area contributed by atoms with Gasteiger partial charge in [0.05, 0.1) is 16.4 Å². The maximum atomic E-state index is 2.49. The summed E-state index contributed by atoms with van der Waals surface area (Å²) < 4.78 is 2.39. The molecule has 0 bridgehead atoms. The lowest BCUT2D eigenvalue weighted by Gasteiger charge is -2.35. The van der Waals surface area contributed by atoms with Crippen molar-refractivity contribution in [3.63, 3.8) is 0 Å². The molecule has 10 aromatic rings. The Labute approximate surface area is 421 Å². The summed E-state index contributed by atoms with van der Waals surface area (Å²) in [6.45, 7) is 4.75. The summed E-state index contributed by atoms with van der Waals surface area (Å²) in [5.41, 5.74) is 28.6. The van der Waals surface area contributed by atoms with Gasteiger partial charge >= 0.3 is 0 Å². The topological polar surface area (TPSA) is 8.17 Å². The van der Waals surface area contributed by atoms with Crippen molar-refractivity contribution in [2.45, 2.75) is 50.4 Å². The monoisotopic (exact) mass is 920 g/mol. The molecule has 0 atom stereocenters. The van der Waals surface area contributed by atoms with Crippen LogP contribution in [0.25, 0.3) is 72.0 Å². The summed E-state index contributed by atoms with van der Waals surface area (Å²) in [6, 6.07) is 77.5. The number of benzene rings is 9. The Bertz CT molecular complexity index is 4000. The largest absolute Gasteiger partial charge is 0.310 e. The molecule has 15 rings (SSSR count). The maximum Gasteiger partial charge on any atom is 0.0724 e. The predicted octanol–water partition coefficient (Wildman–Crippen LogP) is 18.5. The van der Waals surface area contributed by atoms with E-state index in [1.54, 1.807) is 11.1 Å². The zero-order valence-corrected chi connectivity index (χ0v) is 40.7. The van der Waals surface area contributed by atoms with Crippen LogP contribution >= 0.6 is 0 Å². The van der Waals surface area contributed by atoms with Crippen molar-refractivity contribution in [1.29, 1.82) is 0 Å². The summed E-state index contributed by atoms with van der Waals surface area (Å²) in [7, 11) is 0. The van der Waals surface area contributed by atoms with Crippen molar-refractivity contribution in [3.05, 3.63) is 275 Å². The molecule has 0 N–H and O–H groups in total. The SMILES string of the molecule is CC1(C)c2ccccc2-c2ccc(N(c3ccc(-c4ccc5c(c4)c4ccccc4n5-c4ccccc4)cc3)c3ccc(-c4cccc5c4C4(C6=C(CCC=C6)C6=C4C=CCC6)c4ccccc4-5)cc3)cc21. The van der Waals surface area contributed by atoms with Crippen molar-refractivity contribution >= 4 is 38.9 Å². The van der Waals surface area contributed by atoms with Crippen LogP contribution in [0, 0.1) is 0 Å². The average Bonchev–Trinajstić information content (AvgIpc) is 4.12. The highest BCUT2D eigenvalue weighted by molar-refractivity contribution is 6.10. The molecule has 1 spiro atoms. The molecule has 9 aromatic carbocycles. The number of hydrogen-bond acceptors (Lipinski definition) is 1. The fourth-order valence-electron chi connectivity index (χ4n) is 13.8. The van der Waals surface area contributed by atoms with Gasteiger partial charge in [0.1, 0.15) is 0 Å². The third-order valence-electron chi connectivity index (χ3n) is 17.0. The lowest BCUT2D eigenvalue weighted by atomic mass is 9.66. The first-order valence-electron chi connectivity index (χ1n) is 25.9. The zero-order valence-electron chi connectivity index (χ0n) is 40.7. The van der Waals surface area contributed by atoms with Crippen LogP contribution in [-0.4, -0.2) is 4.57 Å². The molecular weight excluding hydrogens is 869 g/mol. The molecule has 2 nitrogen and oxygen atoms in total. The minimum atomic E-state index is -0.328. The molecule has 1 aromatic heterocycles. The van der Waals surface area contributed by atoms with Crippen LogP contribution in [0.4, 0.5) is 17.1 Å². The third kappa shape index (κ3) is 5.72. The van der Waals surface area contributed by atoms with E-state index < -0.39 is 0 Å². The molecule has 72 heavy (non-hydrogen) atoms. The first-order chi connectivity index (χ1) is 35.5. The number of hydrogen-bond donors (Lipinski definition) is 0. The number of fused-ring (bicyclic) bond motifs is 14. The van der Waals surface area contributed by atoms with E-state index in [0.29, 0.717) is 0 Å². The molecule has 5 aliphatic rings. The highest BCUT2D eigenvalue weighted by Gasteiger charge is 2.54. The van der Waals surface area contributed by atoms with Crippen LogP contribution in [0.5, 0.6) is 0 Å². The number of nitrogens with zero attached hydrogens (tertiary/aromatic N) is 2. The van der Waals surface area contributed by atoms with Gasteiger partial charge in [0, 0.05) is 38.9 Å². The molecule has 1 heterocycles. The minimum absolute atomic E-state index is 0.128. The number of anilines is 3. The van der Waals surface area contributed by atoms with Crippen molar-refractivity contribution in [3.8, 4) is 50.2 Å². The van der Waals surface area contributed by atoms with Gasteiger partial charge in [0.25, 0.3) is 0 Å². The van der Waals surface area contributed by atoms with Gasteiger partial charge in [-0.25, -0.2) is 0 Å². The van der Waals surface area contributed by atoms with E-state index in [4.69, 9.17) is 0 Å². The Hall–Kier alpha value is -8.46. The zero-order chi connectivity index (χ0) is 47.7. The summed E-state index contributed by atoms with van der Waals surface area (Å²) in [6.07, 6.45) is 14.3. The fraction of sp³-hybridized carbons (Fsp3) is 0.114. The molecule has 2 heteroatoms. The van der Waals surface area contributed by atoms with Crippen LogP contribution < -0.4 is 4.90 Å². The highest BCUT2D eigenvalue weighted by atomic mass is 15.1. The van der Waals surface area contributed by atoms with Crippen LogP contribution in [0.15, 0.2) is 253 Å². The quantitative estimate of drug-likeness (QED) is 0.161. The Kier molecular flexibility index (Phi) is 8.91. The predicted molar refractivity (Wildman–Crippen MR) is 301 cm³/mol. The lowest BCUT2D eigenvalue weighted by molar-refractivity contribution is 0.660. The van der Waals surface area contributed by atoms with Gasteiger partial charge in [0.15, 0.2) is 0 Å². The summed E-state index contributed by atoms with van der Waals surface area (Å²) >= 11 is 0. The summed E-state index contributed by atoms with van der Waals surface area (Å²) in [5.74, 6) is 0. The van der Waals surface area contributed by atoms with E-state index in [0.717, 1.165) is 42.7 Å². The second-order valence-corrected chi connectivity index (χ2v) is 20.9. The van der Waals surface area contributed by atoms with Crippen LogP contribution in [0.1, 0.15) is 61.8 Å². The number of aromatic nitrogens is 1. The van der Waals surface area contributed by atoms with Crippen LogP contribution in [-0.2, 0) is 10.8 Å². The third-order valence-corrected chi connectivity index (χ3v) is 17.0. The van der Waals surface area contributed by atoms with Crippen LogP contribution in [0.3, 0.4) is 0 Å². The van der Waals surface area contributed by atoms with E-state index >= 15 is 0 Å². The van der Waals surface area contributed by atoms with E-state index in [9.17, 15) is 0 Å². The Balaban J connectivity index is 0.861. The summed E-state index contributed by atoms with van der Waals surface area (Å²) in [4.78, 5) is 2.46. The van der Waals surface area contributed by atoms with Gasteiger partial charge in [-0.2, -0.15) is 0 Å². The molecule has 5 aliphatic carbocycles. The van der Waals surface area contributed by atoms with Gasteiger partial charge in [-0.3, -0.25) is 0 Å². The Morgan fingerprint density at radius 3 is 1.69 bits per heavy atom. The lowest BCUT2D eigenvalue weighted by Crippen LogP contribution is -2.29. The second kappa shape index (κ2) is 15.5. The molecule has 342 valence electrons. The fourth-order valence-corrected chi connectivity index (χ4v) is 13.8. The van der Waals surface area contributed by atoms with Gasteiger partial charge in [0.2, 0.25) is 0 Å². The van der Waals surface area contributed by atoms with Crippen molar-refractivity contribution in [2.75, 3.05) is 4.90 Å². The molecular formula is C70H52N2. The number of allylic oxidation sites excluding steroid dienone is 8. The molecule has 0 saturated heterocycles. The smallest absolute Gasteiger partial charge is 0.0724 e. The van der Waals surface area contributed by atoms with Crippen LogP contribution in [0.2, 0.25) is 0 Å². The molecule has 0 amide bonds. The number of rotatable bonds is 6. The van der Waals surface area contributed by atoms with Gasteiger partial charge in [-0.1, -0.05) is 178 Å². The second-order valence-electron chi connectivity index (χ2n) is 20.9. The van der Waals surface area contributed by atoms with Gasteiger partial charge in [-0.05, 0) is 181 Å². The maximum absolute atomic E-state index is 2.49. The molecule has 0 unspecified atom stereocenters. The normalized spacial score (nSPS) is 16.2. The first-order valence-corrected chi connectivity index (χ1v) is 25.9. The van der Waals surface area contributed by atoms with E-state index in [-0.39, 0.29) is 10.8 Å². The standard InChI is InChI=1S/C70H52N2/c1-69(2)61-26-11-6-19-53(61)57-41-40-51(44-65(57)69)71(49-36-31-45(32-37-49)47-35-42-67-60(43-47)58-23-10-15-30-66(58)72(67)48-17-4-3-5-18-48)50-38-33-46(34-39-50)52-24-16-25-59-56-22-9-14-29-64(56)70(68(52)59)62-27-12-7-20-54(62)55-21-8-13-28-63(55)70/h3-6,9-19,22-44H,7-8,20-21H2,1-2H3. The van der Waals surface area contributed by atoms with E-state index in [1.165, 1.54) is 105 Å². The van der Waals surface area contributed by atoms with Gasteiger partial charge in [-0.15, -0.1) is 0 Å². The van der Waals surface area contributed by atoms with Crippen molar-refractivity contribution in [1.82, 2.24) is 4.57 Å². The molecule has 0 fully saturated rings. The Morgan fingerprint density at radius 2 is 0.958 bits per heavy atom. The van der Waals surface area contributed by atoms with Crippen molar-refractivity contribution in [2.24, 2.45) is 0 Å². The van der Waals surface area contributed by atoms with E-state index in [1.807, 2.05) is 0 Å². The first kappa shape index (κ1) is 41.3. The molecule has 0 radical (unpaired) electrons. The molecule has 0 aliphatic heterocycles. The average molecular weight is 921 g/mol. The van der Waals surface area contributed by atoms with E-state index in [2.05, 4.69) is 254 Å². The molecule has 0 saturated carbocycles. The highest BCUT2D eigenvalue weighted by Crippen LogP contribution is 2.65. The summed E-state index contributed by atoms with van der Waals surface area (Å²) in [5, 5.41) is 2.51. The van der Waals surface area contributed by atoms with Gasteiger partial charge < -0.3 is 9.47 Å². The van der Waals surface area contributed by atoms with Crippen molar-refractivity contribution < 1.29 is 0 Å². The number of para-hydroxylation sites is 2. The minimum Gasteiger partial charge on any atom is -0.310 e. The Morgan fingerprint density at radius 1 is 0.403 bits per heavy atom.